The SMILES string of the molecule is C[C@@H](CS(=O)(=O)CCCCCn1cn[nH]c1=O)c1ccc(F)c(OCC2CC2)c1. The Balaban J connectivity index is 1.45. The molecule has 0 radical (unpaired) electrons. The summed E-state index contributed by atoms with van der Waals surface area (Å²) in [5, 5.41) is 5.98. The second kappa shape index (κ2) is 9.56. The predicted octanol–water partition coefficient (Wildman–Crippen LogP) is 2.89. The van der Waals surface area contributed by atoms with E-state index in [2.05, 4.69) is 10.2 Å². The van der Waals surface area contributed by atoms with E-state index in [0.717, 1.165) is 18.4 Å². The molecular weight excluding hydrogens is 397 g/mol. The number of benzene rings is 1. The zero-order valence-electron chi connectivity index (χ0n) is 16.6. The summed E-state index contributed by atoms with van der Waals surface area (Å²) in [6.07, 6.45) is 5.64. The summed E-state index contributed by atoms with van der Waals surface area (Å²) in [5.41, 5.74) is 0.506. The maximum atomic E-state index is 13.9. The molecule has 0 amide bonds. The second-order valence-electron chi connectivity index (χ2n) is 7.88. The third-order valence-corrected chi connectivity index (χ3v) is 7.09. The summed E-state index contributed by atoms with van der Waals surface area (Å²) in [6, 6.07) is 4.60. The van der Waals surface area contributed by atoms with Crippen LogP contribution in [0.5, 0.6) is 5.75 Å². The van der Waals surface area contributed by atoms with E-state index in [9.17, 15) is 17.6 Å². The van der Waals surface area contributed by atoms with Crippen molar-refractivity contribution in [1.29, 1.82) is 0 Å². The Kier molecular flexibility index (Phi) is 7.10. The van der Waals surface area contributed by atoms with Crippen LogP contribution in [0.25, 0.3) is 0 Å². The molecule has 1 atom stereocenters. The summed E-state index contributed by atoms with van der Waals surface area (Å²) in [4.78, 5) is 11.3. The smallest absolute Gasteiger partial charge is 0.343 e. The Bertz CT molecular complexity index is 966. The van der Waals surface area contributed by atoms with Crippen molar-refractivity contribution >= 4 is 9.84 Å². The molecule has 0 spiro atoms. The highest BCUT2D eigenvalue weighted by Gasteiger charge is 2.23. The van der Waals surface area contributed by atoms with Gasteiger partial charge >= 0.3 is 5.69 Å². The summed E-state index contributed by atoms with van der Waals surface area (Å²) < 4.78 is 45.9. The van der Waals surface area contributed by atoms with Crippen molar-refractivity contribution in [3.05, 3.63) is 46.4 Å². The molecule has 1 aliphatic rings. The van der Waals surface area contributed by atoms with Crippen LogP contribution in [-0.2, 0) is 16.4 Å². The Morgan fingerprint density at radius 3 is 2.79 bits per heavy atom. The lowest BCUT2D eigenvalue weighted by Crippen LogP contribution is -2.17. The van der Waals surface area contributed by atoms with Gasteiger partial charge in [-0.15, -0.1) is 0 Å². The van der Waals surface area contributed by atoms with Gasteiger partial charge in [0.15, 0.2) is 21.4 Å². The minimum Gasteiger partial charge on any atom is -0.490 e. The van der Waals surface area contributed by atoms with E-state index in [-0.39, 0.29) is 28.9 Å². The van der Waals surface area contributed by atoms with E-state index in [1.54, 1.807) is 12.1 Å². The summed E-state index contributed by atoms with van der Waals surface area (Å²) >= 11 is 0. The molecule has 1 heterocycles. The molecule has 2 aromatic rings. The van der Waals surface area contributed by atoms with E-state index in [1.807, 2.05) is 6.92 Å². The molecule has 1 aromatic carbocycles. The van der Waals surface area contributed by atoms with Crippen molar-refractivity contribution in [2.75, 3.05) is 18.1 Å². The average Bonchev–Trinajstić information content (AvgIpc) is 3.41. The number of nitrogens with zero attached hydrogens (tertiary/aromatic N) is 2. The van der Waals surface area contributed by atoms with Crippen LogP contribution in [0.3, 0.4) is 0 Å². The lowest BCUT2D eigenvalue weighted by molar-refractivity contribution is 0.285. The van der Waals surface area contributed by atoms with Crippen molar-refractivity contribution in [2.24, 2.45) is 5.92 Å². The highest BCUT2D eigenvalue weighted by atomic mass is 32.2. The van der Waals surface area contributed by atoms with Crippen LogP contribution < -0.4 is 10.4 Å². The largest absolute Gasteiger partial charge is 0.490 e. The van der Waals surface area contributed by atoms with Gasteiger partial charge < -0.3 is 4.74 Å². The number of ether oxygens (including phenoxy) is 1. The van der Waals surface area contributed by atoms with Gasteiger partial charge in [-0.3, -0.25) is 4.57 Å². The lowest BCUT2D eigenvalue weighted by atomic mass is 10.0. The van der Waals surface area contributed by atoms with E-state index in [0.29, 0.717) is 38.3 Å². The zero-order chi connectivity index (χ0) is 20.9. The Labute approximate surface area is 170 Å². The van der Waals surface area contributed by atoms with Gasteiger partial charge in [0, 0.05) is 6.54 Å². The van der Waals surface area contributed by atoms with Gasteiger partial charge in [-0.05, 0) is 55.2 Å². The molecule has 0 aliphatic heterocycles. The third kappa shape index (κ3) is 6.69. The number of sulfone groups is 1. The van der Waals surface area contributed by atoms with Crippen molar-refractivity contribution in [2.45, 2.75) is 51.5 Å². The van der Waals surface area contributed by atoms with Crippen LogP contribution in [0.15, 0.2) is 29.3 Å². The first-order valence-electron chi connectivity index (χ1n) is 10.1. The van der Waals surface area contributed by atoms with Crippen LogP contribution in [0.1, 0.15) is 50.5 Å². The number of unbranched alkanes of at least 4 members (excludes halogenated alkanes) is 2. The van der Waals surface area contributed by atoms with Gasteiger partial charge in [-0.1, -0.05) is 19.4 Å². The molecule has 1 N–H and O–H groups in total. The number of aromatic amines is 1. The highest BCUT2D eigenvalue weighted by Crippen LogP contribution is 2.31. The molecule has 0 bridgehead atoms. The van der Waals surface area contributed by atoms with Gasteiger partial charge in [-0.2, -0.15) is 5.10 Å². The summed E-state index contributed by atoms with van der Waals surface area (Å²) in [6.45, 7) is 2.86. The van der Waals surface area contributed by atoms with E-state index in [4.69, 9.17) is 4.74 Å². The molecule has 1 aliphatic carbocycles. The molecule has 3 rings (SSSR count). The number of hydrogen-bond acceptors (Lipinski definition) is 5. The summed E-state index contributed by atoms with van der Waals surface area (Å²) in [5.74, 6) is 0.178. The standard InChI is InChI=1S/C20H28FN3O4S/c1-15(17-7-8-18(21)19(11-17)28-12-16-5-6-16)13-29(26,27)10-4-2-3-9-24-14-22-23-20(24)25/h7-8,11,14-16H,2-6,9-10,12-13H2,1H3,(H,23,25)/t15-/m0/s1. The van der Waals surface area contributed by atoms with Crippen molar-refractivity contribution in [3.8, 4) is 5.75 Å². The van der Waals surface area contributed by atoms with Gasteiger partial charge in [0.05, 0.1) is 18.1 Å². The van der Waals surface area contributed by atoms with Crippen LogP contribution in [0, 0.1) is 11.7 Å². The van der Waals surface area contributed by atoms with E-state index >= 15 is 0 Å². The van der Waals surface area contributed by atoms with Crippen molar-refractivity contribution < 1.29 is 17.5 Å². The molecule has 0 unspecified atom stereocenters. The Morgan fingerprint density at radius 2 is 2.10 bits per heavy atom. The average molecular weight is 426 g/mol. The molecule has 7 nitrogen and oxygen atoms in total. The van der Waals surface area contributed by atoms with Gasteiger partial charge in [0.2, 0.25) is 0 Å². The van der Waals surface area contributed by atoms with E-state index < -0.39 is 15.7 Å². The fourth-order valence-electron chi connectivity index (χ4n) is 3.20. The zero-order valence-corrected chi connectivity index (χ0v) is 17.5. The number of aryl methyl sites for hydroxylation is 1. The highest BCUT2D eigenvalue weighted by molar-refractivity contribution is 7.91. The number of aromatic nitrogens is 3. The monoisotopic (exact) mass is 425 g/mol. The molecule has 1 fully saturated rings. The minimum absolute atomic E-state index is 0.0158. The van der Waals surface area contributed by atoms with Crippen molar-refractivity contribution in [3.63, 3.8) is 0 Å². The number of H-pyrrole nitrogens is 1. The molecular formula is C20H28FN3O4S. The first kappa shape index (κ1) is 21.5. The second-order valence-corrected chi connectivity index (χ2v) is 10.1. The predicted molar refractivity (Wildman–Crippen MR) is 108 cm³/mol. The maximum Gasteiger partial charge on any atom is 0.343 e. The minimum atomic E-state index is -3.23. The third-order valence-electron chi connectivity index (χ3n) is 5.17. The summed E-state index contributed by atoms with van der Waals surface area (Å²) in [7, 11) is -3.23. The van der Waals surface area contributed by atoms with Crippen LogP contribution in [0.2, 0.25) is 0 Å². The Hall–Kier alpha value is -2.16. The molecule has 160 valence electrons. The van der Waals surface area contributed by atoms with Crippen LogP contribution in [-0.4, -0.2) is 41.3 Å². The first-order valence-corrected chi connectivity index (χ1v) is 11.9. The fourth-order valence-corrected chi connectivity index (χ4v) is 4.97. The molecule has 29 heavy (non-hydrogen) atoms. The lowest BCUT2D eigenvalue weighted by Gasteiger charge is -2.15. The van der Waals surface area contributed by atoms with Crippen LogP contribution in [0.4, 0.5) is 4.39 Å². The number of hydrogen-bond donors (Lipinski definition) is 1. The van der Waals surface area contributed by atoms with Gasteiger partial charge in [0.1, 0.15) is 6.33 Å². The first-order chi connectivity index (χ1) is 13.8. The van der Waals surface area contributed by atoms with Gasteiger partial charge in [-0.25, -0.2) is 22.7 Å². The van der Waals surface area contributed by atoms with Gasteiger partial charge in [0.25, 0.3) is 0 Å². The maximum absolute atomic E-state index is 13.9. The molecule has 1 saturated carbocycles. The quantitative estimate of drug-likeness (QED) is 0.528. The fraction of sp³-hybridized carbons (Fsp3) is 0.600. The number of nitrogens with one attached hydrogen (secondary N) is 1. The molecule has 1 aromatic heterocycles. The number of rotatable bonds is 12. The molecule has 9 heteroatoms. The normalized spacial score (nSPS) is 15.4. The molecule has 0 saturated heterocycles. The van der Waals surface area contributed by atoms with E-state index in [1.165, 1.54) is 17.0 Å². The Morgan fingerprint density at radius 1 is 1.31 bits per heavy atom. The number of halogens is 1. The van der Waals surface area contributed by atoms with Crippen molar-refractivity contribution in [1.82, 2.24) is 14.8 Å². The topological polar surface area (TPSA) is 94.0 Å². The van der Waals surface area contributed by atoms with Crippen LogP contribution >= 0.6 is 0 Å².